The summed E-state index contributed by atoms with van der Waals surface area (Å²) in [5.74, 6) is -6.10. The van der Waals surface area contributed by atoms with Gasteiger partial charge in [-0.3, -0.25) is 4.79 Å². The molecule has 2 rings (SSSR count). The third-order valence-corrected chi connectivity index (χ3v) is 3.89. The molecule has 0 saturated heterocycles. The first-order valence-electron chi connectivity index (χ1n) is 5.33. The predicted octanol–water partition coefficient (Wildman–Crippen LogP) is 4.79. The average Bonchev–Trinajstić information content (AvgIpc) is 2.87. The number of carbonyl (C=O) groups is 1. The second-order valence-electron chi connectivity index (χ2n) is 3.94. The summed E-state index contributed by atoms with van der Waals surface area (Å²) in [5.41, 5.74) is -0.768. The number of hydrogen-bond donors (Lipinski definition) is 0. The summed E-state index contributed by atoms with van der Waals surface area (Å²) in [6, 6.07) is 5.61. The fourth-order valence-electron chi connectivity index (χ4n) is 1.50. The second kappa shape index (κ2) is 5.45. The van der Waals surface area contributed by atoms with Gasteiger partial charge in [0.05, 0.1) is 5.51 Å². The van der Waals surface area contributed by atoms with Gasteiger partial charge < -0.3 is 0 Å². The number of ketones is 1. The third kappa shape index (κ3) is 2.98. The molecule has 0 atom stereocenters. The molecule has 0 N–H and O–H groups in total. The van der Waals surface area contributed by atoms with Crippen LogP contribution in [0.3, 0.4) is 0 Å². The molecule has 2 aromatic rings. The van der Waals surface area contributed by atoms with Gasteiger partial charge >= 0.3 is 12.1 Å². The zero-order chi connectivity index (χ0) is 15.8. The van der Waals surface area contributed by atoms with E-state index in [0.29, 0.717) is 15.8 Å². The molecule has 0 aliphatic carbocycles. The lowest BCUT2D eigenvalue weighted by Crippen LogP contribution is -2.35. The van der Waals surface area contributed by atoms with Crippen LogP contribution in [0.2, 0.25) is 0 Å². The lowest BCUT2D eigenvalue weighted by Gasteiger charge is -2.18. The van der Waals surface area contributed by atoms with Crippen molar-refractivity contribution in [3.8, 4) is 0 Å². The molecule has 0 unspecified atom stereocenters. The van der Waals surface area contributed by atoms with Crippen LogP contribution in [0.1, 0.15) is 20.9 Å². The number of benzene rings is 1. The van der Waals surface area contributed by atoms with E-state index in [1.54, 1.807) is 0 Å². The largest absolute Gasteiger partial charge is 0.459 e. The molecule has 1 aromatic carbocycles. The highest BCUT2D eigenvalue weighted by atomic mass is 79.9. The average molecular weight is 386 g/mol. The van der Waals surface area contributed by atoms with Crippen molar-refractivity contribution in [1.82, 2.24) is 4.98 Å². The highest BCUT2D eigenvalue weighted by molar-refractivity contribution is 9.10. The summed E-state index contributed by atoms with van der Waals surface area (Å²) >= 11 is 3.57. The van der Waals surface area contributed by atoms with Crippen molar-refractivity contribution in [3.05, 3.63) is 50.4 Å². The molecule has 1 aromatic heterocycles. The minimum absolute atomic E-state index is 0.00155. The molecule has 2 nitrogen and oxygen atoms in total. The summed E-state index contributed by atoms with van der Waals surface area (Å²) < 4.78 is 64.5. The van der Waals surface area contributed by atoms with Crippen molar-refractivity contribution in [3.63, 3.8) is 0 Å². The smallest absolute Gasteiger partial charge is 0.288 e. The van der Waals surface area contributed by atoms with Crippen LogP contribution in [0.4, 0.5) is 22.0 Å². The Balaban J connectivity index is 2.46. The summed E-state index contributed by atoms with van der Waals surface area (Å²) in [7, 11) is 0. The Kier molecular flexibility index (Phi) is 4.16. The normalized spacial score (nSPS) is 12.5. The van der Waals surface area contributed by atoms with Crippen LogP contribution in [0.15, 0.2) is 34.2 Å². The van der Waals surface area contributed by atoms with Crippen LogP contribution in [0.5, 0.6) is 0 Å². The molecule has 0 amide bonds. The Labute approximate surface area is 127 Å². The number of rotatable bonds is 3. The van der Waals surface area contributed by atoms with Crippen molar-refractivity contribution < 1.29 is 26.7 Å². The summed E-state index contributed by atoms with van der Waals surface area (Å²) in [5, 5.41) is 0. The Morgan fingerprint density at radius 1 is 1.10 bits per heavy atom. The van der Waals surface area contributed by atoms with E-state index < -0.39 is 28.5 Å². The van der Waals surface area contributed by atoms with E-state index in [2.05, 4.69) is 20.9 Å². The van der Waals surface area contributed by atoms with E-state index in [0.717, 1.165) is 5.51 Å². The zero-order valence-corrected chi connectivity index (χ0v) is 12.3. The van der Waals surface area contributed by atoms with E-state index in [1.807, 2.05) is 0 Å². The molecule has 0 saturated carbocycles. The zero-order valence-electron chi connectivity index (χ0n) is 9.92. The summed E-state index contributed by atoms with van der Waals surface area (Å²) in [6.45, 7) is 0. The Bertz CT molecular complexity index is 665. The van der Waals surface area contributed by atoms with E-state index in [4.69, 9.17) is 0 Å². The number of alkyl halides is 5. The number of thiazole rings is 1. The van der Waals surface area contributed by atoms with E-state index in [-0.39, 0.29) is 5.56 Å². The van der Waals surface area contributed by atoms with Gasteiger partial charge in [-0.15, -0.1) is 11.3 Å². The van der Waals surface area contributed by atoms with Gasteiger partial charge in [-0.25, -0.2) is 4.98 Å². The second-order valence-corrected chi connectivity index (χ2v) is 5.71. The maximum Gasteiger partial charge on any atom is 0.459 e. The van der Waals surface area contributed by atoms with Gasteiger partial charge in [0, 0.05) is 10.0 Å². The van der Waals surface area contributed by atoms with Gasteiger partial charge in [-0.2, -0.15) is 22.0 Å². The maximum absolute atomic E-state index is 13.4. The monoisotopic (exact) mass is 385 g/mol. The minimum atomic E-state index is -5.81. The molecule has 0 spiro atoms. The standard InChI is InChI=1S/C12H5BrF5NOS/c13-7-3-1-6(2-4-7)8(20)9-10(19-5-21-9)11(14,15)12(16,17)18/h1-5H. The van der Waals surface area contributed by atoms with Crippen LogP contribution >= 0.6 is 27.3 Å². The molecule has 0 aliphatic rings. The van der Waals surface area contributed by atoms with Crippen LogP contribution in [-0.4, -0.2) is 16.9 Å². The topological polar surface area (TPSA) is 30.0 Å². The Morgan fingerprint density at radius 3 is 2.19 bits per heavy atom. The highest BCUT2D eigenvalue weighted by Crippen LogP contribution is 2.45. The van der Waals surface area contributed by atoms with E-state index >= 15 is 0 Å². The van der Waals surface area contributed by atoms with E-state index in [1.165, 1.54) is 24.3 Å². The van der Waals surface area contributed by atoms with Gasteiger partial charge in [-0.05, 0) is 24.3 Å². The van der Waals surface area contributed by atoms with Gasteiger partial charge in [0.15, 0.2) is 0 Å². The molecule has 1 heterocycles. The molecule has 112 valence electrons. The first-order valence-corrected chi connectivity index (χ1v) is 7.00. The number of halogens is 6. The van der Waals surface area contributed by atoms with Crippen molar-refractivity contribution in [2.24, 2.45) is 0 Å². The van der Waals surface area contributed by atoms with Crippen LogP contribution < -0.4 is 0 Å². The highest BCUT2D eigenvalue weighted by Gasteiger charge is 2.61. The number of hydrogen-bond acceptors (Lipinski definition) is 3. The molecule has 0 aliphatic heterocycles. The van der Waals surface area contributed by atoms with Gasteiger partial charge in [-0.1, -0.05) is 15.9 Å². The number of aromatic nitrogens is 1. The van der Waals surface area contributed by atoms with Crippen molar-refractivity contribution >= 4 is 33.0 Å². The molecule has 0 bridgehead atoms. The number of carbonyl (C=O) groups excluding carboxylic acids is 1. The molecular formula is C12H5BrF5NOS. The summed E-state index contributed by atoms with van der Waals surface area (Å²) in [6.07, 6.45) is -5.81. The van der Waals surface area contributed by atoms with Crippen LogP contribution in [0, 0.1) is 0 Å². The van der Waals surface area contributed by atoms with Gasteiger partial charge in [0.2, 0.25) is 5.78 Å². The van der Waals surface area contributed by atoms with E-state index in [9.17, 15) is 26.7 Å². The first kappa shape index (κ1) is 16.0. The molecule has 21 heavy (non-hydrogen) atoms. The van der Waals surface area contributed by atoms with Crippen molar-refractivity contribution in [2.75, 3.05) is 0 Å². The quantitative estimate of drug-likeness (QED) is 0.561. The van der Waals surface area contributed by atoms with Crippen LogP contribution in [0.25, 0.3) is 0 Å². The lowest BCUT2D eigenvalue weighted by atomic mass is 10.1. The molecule has 0 fully saturated rings. The first-order chi connectivity index (χ1) is 9.64. The van der Waals surface area contributed by atoms with Crippen molar-refractivity contribution in [2.45, 2.75) is 12.1 Å². The molecule has 9 heteroatoms. The molecular weight excluding hydrogens is 381 g/mol. The third-order valence-electron chi connectivity index (χ3n) is 2.53. The Morgan fingerprint density at radius 2 is 1.67 bits per heavy atom. The molecule has 0 radical (unpaired) electrons. The minimum Gasteiger partial charge on any atom is -0.288 e. The Hall–Kier alpha value is -1.35. The summed E-state index contributed by atoms with van der Waals surface area (Å²) in [4.78, 5) is 14.4. The SMILES string of the molecule is O=C(c1ccc(Br)cc1)c1scnc1C(F)(F)C(F)(F)F. The van der Waals surface area contributed by atoms with Gasteiger partial charge in [0.1, 0.15) is 10.6 Å². The van der Waals surface area contributed by atoms with Crippen molar-refractivity contribution in [1.29, 1.82) is 0 Å². The maximum atomic E-state index is 13.4. The fourth-order valence-corrected chi connectivity index (χ4v) is 2.54. The fraction of sp³-hybridized carbons (Fsp3) is 0.167. The lowest BCUT2D eigenvalue weighted by molar-refractivity contribution is -0.290. The number of nitrogens with zero attached hydrogens (tertiary/aromatic N) is 1. The van der Waals surface area contributed by atoms with Crippen LogP contribution in [-0.2, 0) is 5.92 Å². The predicted molar refractivity (Wildman–Crippen MR) is 69.6 cm³/mol. The van der Waals surface area contributed by atoms with Gasteiger partial charge in [0.25, 0.3) is 0 Å².